The summed E-state index contributed by atoms with van der Waals surface area (Å²) in [7, 11) is 0. The number of nitrogens with zero attached hydrogens (tertiary/aromatic N) is 3. The Bertz CT molecular complexity index is 661. The van der Waals surface area contributed by atoms with Gasteiger partial charge in [-0.05, 0) is 30.7 Å². The van der Waals surface area contributed by atoms with Crippen LogP contribution in [0, 0.1) is 0 Å². The second kappa shape index (κ2) is 7.09. The van der Waals surface area contributed by atoms with Crippen LogP contribution >= 0.6 is 11.8 Å². The molecule has 1 aliphatic rings. The molecule has 2 aromatic rings. The number of likely N-dealkylation sites (tertiary alicyclic amines) is 1. The van der Waals surface area contributed by atoms with Crippen molar-refractivity contribution in [2.24, 2.45) is 0 Å². The Labute approximate surface area is 135 Å². The maximum atomic E-state index is 12.8. The van der Waals surface area contributed by atoms with Crippen LogP contribution in [0.25, 0.3) is 11.0 Å². The molecule has 1 atom stereocenters. The van der Waals surface area contributed by atoms with Crippen molar-refractivity contribution in [3.05, 3.63) is 36.2 Å². The molecule has 0 spiro atoms. The number of amides is 1. The lowest BCUT2D eigenvalue weighted by atomic mass is 10.2. The summed E-state index contributed by atoms with van der Waals surface area (Å²) in [4.78, 5) is 23.6. The van der Waals surface area contributed by atoms with Gasteiger partial charge in [-0.2, -0.15) is 11.8 Å². The summed E-state index contributed by atoms with van der Waals surface area (Å²) in [5.74, 6) is 1.12. The summed E-state index contributed by atoms with van der Waals surface area (Å²) in [6.45, 7) is 3.83. The fourth-order valence-corrected chi connectivity index (χ4v) is 3.97. The van der Waals surface area contributed by atoms with E-state index in [4.69, 9.17) is 0 Å². The number of fused-ring (bicyclic) bond motifs is 1. The van der Waals surface area contributed by atoms with Crippen molar-refractivity contribution in [3.8, 4) is 0 Å². The average molecular weight is 315 g/mol. The van der Waals surface area contributed by atoms with E-state index in [0.29, 0.717) is 10.9 Å². The molecule has 0 saturated carbocycles. The molecule has 0 aliphatic carbocycles. The van der Waals surface area contributed by atoms with E-state index >= 15 is 0 Å². The molecule has 4 nitrogen and oxygen atoms in total. The lowest BCUT2D eigenvalue weighted by Gasteiger charge is -2.23. The number of carbonyl (C=O) groups excluding carboxylic acids is 1. The molecule has 0 N–H and O–H groups in total. The van der Waals surface area contributed by atoms with Gasteiger partial charge in [0.1, 0.15) is 5.69 Å². The van der Waals surface area contributed by atoms with Crippen molar-refractivity contribution >= 4 is 28.7 Å². The summed E-state index contributed by atoms with van der Waals surface area (Å²) >= 11 is 1.95. The Morgan fingerprint density at radius 1 is 1.32 bits per heavy atom. The number of rotatable bonds is 3. The first-order valence-electron chi connectivity index (χ1n) is 7.90. The molecule has 0 radical (unpaired) electrons. The molecule has 1 aromatic carbocycles. The number of aromatic nitrogens is 2. The lowest BCUT2D eigenvalue weighted by Crippen LogP contribution is -2.36. The Hall–Kier alpha value is -1.62. The fourth-order valence-electron chi connectivity index (χ4n) is 2.88. The van der Waals surface area contributed by atoms with Crippen LogP contribution in [0.3, 0.4) is 0 Å². The molecule has 3 rings (SSSR count). The van der Waals surface area contributed by atoms with E-state index in [0.717, 1.165) is 36.3 Å². The predicted octanol–water partition coefficient (Wildman–Crippen LogP) is 3.38. The van der Waals surface area contributed by atoms with Gasteiger partial charge in [-0.3, -0.25) is 9.78 Å². The van der Waals surface area contributed by atoms with Gasteiger partial charge in [-0.1, -0.05) is 25.5 Å². The van der Waals surface area contributed by atoms with Gasteiger partial charge in [0.05, 0.1) is 17.2 Å². The van der Waals surface area contributed by atoms with Crippen molar-refractivity contribution in [1.29, 1.82) is 0 Å². The van der Waals surface area contributed by atoms with Crippen LogP contribution in [0.5, 0.6) is 0 Å². The Morgan fingerprint density at radius 2 is 2.14 bits per heavy atom. The highest BCUT2D eigenvalue weighted by molar-refractivity contribution is 7.99. The van der Waals surface area contributed by atoms with Crippen LogP contribution in [-0.4, -0.2) is 44.9 Å². The largest absolute Gasteiger partial charge is 0.336 e. The van der Waals surface area contributed by atoms with Crippen LogP contribution in [0.4, 0.5) is 0 Å². The van der Waals surface area contributed by atoms with Crippen molar-refractivity contribution in [1.82, 2.24) is 14.9 Å². The SMILES string of the molecule is CCSC1CCCCN(C(=O)c2cnc3ccccc3n2)C1. The molecule has 1 aliphatic heterocycles. The van der Waals surface area contributed by atoms with Crippen molar-refractivity contribution in [2.75, 3.05) is 18.8 Å². The molecular formula is C17H21N3OS. The van der Waals surface area contributed by atoms with Gasteiger partial charge >= 0.3 is 0 Å². The van der Waals surface area contributed by atoms with Crippen molar-refractivity contribution in [3.63, 3.8) is 0 Å². The van der Waals surface area contributed by atoms with E-state index in [9.17, 15) is 4.79 Å². The first-order chi connectivity index (χ1) is 10.8. The first kappa shape index (κ1) is 15.3. The zero-order valence-corrected chi connectivity index (χ0v) is 13.7. The molecule has 2 heterocycles. The highest BCUT2D eigenvalue weighted by Gasteiger charge is 2.24. The molecule has 1 fully saturated rings. The Kier molecular flexibility index (Phi) is 4.93. The molecule has 1 aromatic heterocycles. The third-order valence-corrected chi connectivity index (χ3v) is 5.17. The Morgan fingerprint density at radius 3 is 2.95 bits per heavy atom. The predicted molar refractivity (Wildman–Crippen MR) is 91.2 cm³/mol. The molecular weight excluding hydrogens is 294 g/mol. The average Bonchev–Trinajstić information content (AvgIpc) is 2.80. The molecule has 5 heteroatoms. The standard InChI is InChI=1S/C17H21N3OS/c1-2-22-13-7-5-6-10-20(12-13)17(21)16-11-18-14-8-3-4-9-15(14)19-16/h3-4,8-9,11,13H,2,5-7,10,12H2,1H3. The van der Waals surface area contributed by atoms with Gasteiger partial charge < -0.3 is 4.90 Å². The summed E-state index contributed by atoms with van der Waals surface area (Å²) in [5, 5.41) is 0.546. The van der Waals surface area contributed by atoms with Crippen LogP contribution in [0.1, 0.15) is 36.7 Å². The molecule has 0 bridgehead atoms. The number of carbonyl (C=O) groups is 1. The minimum Gasteiger partial charge on any atom is -0.336 e. The topological polar surface area (TPSA) is 46.1 Å². The third kappa shape index (κ3) is 3.40. The molecule has 22 heavy (non-hydrogen) atoms. The second-order valence-electron chi connectivity index (χ2n) is 5.57. The second-order valence-corrected chi connectivity index (χ2v) is 7.15. The van der Waals surface area contributed by atoms with E-state index in [-0.39, 0.29) is 5.91 Å². The number of benzene rings is 1. The van der Waals surface area contributed by atoms with Crippen molar-refractivity contribution in [2.45, 2.75) is 31.4 Å². The van der Waals surface area contributed by atoms with Gasteiger partial charge in [0.25, 0.3) is 5.91 Å². The van der Waals surface area contributed by atoms with Crippen molar-refractivity contribution < 1.29 is 4.79 Å². The zero-order chi connectivity index (χ0) is 15.4. The van der Waals surface area contributed by atoms with Gasteiger partial charge in [-0.15, -0.1) is 0 Å². The minimum absolute atomic E-state index is 0.0156. The normalized spacial score (nSPS) is 19.1. The first-order valence-corrected chi connectivity index (χ1v) is 8.95. The van der Waals surface area contributed by atoms with E-state index in [1.54, 1.807) is 6.20 Å². The fraction of sp³-hybridized carbons (Fsp3) is 0.471. The van der Waals surface area contributed by atoms with Crippen LogP contribution in [0.15, 0.2) is 30.5 Å². The number of para-hydroxylation sites is 2. The van der Waals surface area contributed by atoms with E-state index in [1.807, 2.05) is 40.9 Å². The zero-order valence-electron chi connectivity index (χ0n) is 12.9. The van der Waals surface area contributed by atoms with E-state index in [1.165, 1.54) is 12.8 Å². The smallest absolute Gasteiger partial charge is 0.274 e. The van der Waals surface area contributed by atoms with Gasteiger partial charge in [0.2, 0.25) is 0 Å². The quantitative estimate of drug-likeness (QED) is 0.871. The summed E-state index contributed by atoms with van der Waals surface area (Å²) in [6, 6.07) is 7.67. The summed E-state index contributed by atoms with van der Waals surface area (Å²) in [6.07, 6.45) is 5.08. The van der Waals surface area contributed by atoms with E-state index < -0.39 is 0 Å². The van der Waals surface area contributed by atoms with Crippen LogP contribution in [0.2, 0.25) is 0 Å². The van der Waals surface area contributed by atoms with Gasteiger partial charge in [0, 0.05) is 18.3 Å². The molecule has 1 saturated heterocycles. The minimum atomic E-state index is 0.0156. The van der Waals surface area contributed by atoms with Gasteiger partial charge in [-0.25, -0.2) is 4.98 Å². The highest BCUT2D eigenvalue weighted by atomic mass is 32.2. The number of thioether (sulfide) groups is 1. The maximum absolute atomic E-state index is 12.8. The number of hydrogen-bond acceptors (Lipinski definition) is 4. The third-order valence-electron chi connectivity index (χ3n) is 3.99. The van der Waals surface area contributed by atoms with E-state index in [2.05, 4.69) is 16.9 Å². The summed E-state index contributed by atoms with van der Waals surface area (Å²) < 4.78 is 0. The van der Waals surface area contributed by atoms with Crippen LogP contribution < -0.4 is 0 Å². The molecule has 1 amide bonds. The summed E-state index contributed by atoms with van der Waals surface area (Å²) in [5.41, 5.74) is 2.07. The number of hydrogen-bond donors (Lipinski definition) is 0. The monoisotopic (exact) mass is 315 g/mol. The van der Waals surface area contributed by atoms with Gasteiger partial charge in [0.15, 0.2) is 0 Å². The van der Waals surface area contributed by atoms with Crippen LogP contribution in [-0.2, 0) is 0 Å². The highest BCUT2D eigenvalue weighted by Crippen LogP contribution is 2.23. The lowest BCUT2D eigenvalue weighted by molar-refractivity contribution is 0.0757. The molecule has 116 valence electrons. The molecule has 1 unspecified atom stereocenters. The maximum Gasteiger partial charge on any atom is 0.274 e. The Balaban J connectivity index is 1.81.